The molecule has 122 valence electrons. The van der Waals surface area contributed by atoms with Gasteiger partial charge >= 0.3 is 0 Å². The lowest BCUT2D eigenvalue weighted by molar-refractivity contribution is 0.581. The number of sulfonamides is 1. The van der Waals surface area contributed by atoms with Gasteiger partial charge in [0, 0.05) is 5.71 Å². The van der Waals surface area contributed by atoms with Crippen molar-refractivity contribution in [1.29, 1.82) is 0 Å². The second-order valence-corrected chi connectivity index (χ2v) is 7.93. The van der Waals surface area contributed by atoms with Gasteiger partial charge in [0.2, 0.25) is 0 Å². The predicted octanol–water partition coefficient (Wildman–Crippen LogP) is 4.19. The topological polar surface area (TPSA) is 58.5 Å². The molecular weight excluding hydrogens is 296 g/mol. The molecule has 1 aliphatic rings. The van der Waals surface area contributed by atoms with Crippen molar-refractivity contribution >= 4 is 15.7 Å². The summed E-state index contributed by atoms with van der Waals surface area (Å²) in [6.45, 7) is 4.17. The average molecular weight is 322 g/mol. The molecule has 0 amide bonds. The van der Waals surface area contributed by atoms with Crippen LogP contribution in [0.25, 0.3) is 0 Å². The van der Waals surface area contributed by atoms with Gasteiger partial charge < -0.3 is 0 Å². The molecule has 0 heterocycles. The van der Waals surface area contributed by atoms with Crippen LogP contribution in [0.2, 0.25) is 0 Å². The maximum Gasteiger partial charge on any atom is 0.276 e. The van der Waals surface area contributed by atoms with Crippen molar-refractivity contribution in [3.05, 3.63) is 29.8 Å². The molecule has 0 bridgehead atoms. The molecule has 22 heavy (non-hydrogen) atoms. The van der Waals surface area contributed by atoms with Gasteiger partial charge in [-0.1, -0.05) is 45.2 Å². The smallest absolute Gasteiger partial charge is 0.200 e. The fraction of sp³-hybridized carbons (Fsp3) is 0.588. The summed E-state index contributed by atoms with van der Waals surface area (Å²) in [5.41, 5.74) is 2.10. The SMILES string of the molecule is CC(C)c1ccc(S(=O)(=O)NN=C2CCCCCCC2)cc1. The molecule has 1 saturated carbocycles. The van der Waals surface area contributed by atoms with Crippen molar-refractivity contribution < 1.29 is 8.42 Å². The Balaban J connectivity index is 2.06. The number of nitrogens with zero attached hydrogens (tertiary/aromatic N) is 1. The summed E-state index contributed by atoms with van der Waals surface area (Å²) < 4.78 is 24.6. The predicted molar refractivity (Wildman–Crippen MR) is 90.6 cm³/mol. The normalized spacial score (nSPS) is 17.0. The van der Waals surface area contributed by atoms with Crippen LogP contribution in [0.5, 0.6) is 0 Å². The van der Waals surface area contributed by atoms with E-state index in [1.807, 2.05) is 12.1 Å². The molecule has 0 aromatic heterocycles. The third-order valence-electron chi connectivity index (χ3n) is 4.11. The van der Waals surface area contributed by atoms with Crippen LogP contribution < -0.4 is 4.83 Å². The first kappa shape index (κ1) is 17.0. The number of benzene rings is 1. The van der Waals surface area contributed by atoms with E-state index in [1.165, 1.54) is 19.3 Å². The van der Waals surface area contributed by atoms with Gasteiger partial charge in [0.25, 0.3) is 10.0 Å². The van der Waals surface area contributed by atoms with Gasteiger partial charge in [-0.2, -0.15) is 13.5 Å². The molecule has 1 aliphatic carbocycles. The van der Waals surface area contributed by atoms with Crippen molar-refractivity contribution in [2.24, 2.45) is 5.10 Å². The highest BCUT2D eigenvalue weighted by Crippen LogP contribution is 2.18. The molecule has 0 unspecified atom stereocenters. The van der Waals surface area contributed by atoms with Gasteiger partial charge in [0.1, 0.15) is 0 Å². The second kappa shape index (κ2) is 7.77. The Morgan fingerprint density at radius 2 is 1.50 bits per heavy atom. The molecule has 0 spiro atoms. The Labute approximate surface area is 134 Å². The molecular formula is C17H26N2O2S. The maximum absolute atomic E-state index is 12.3. The van der Waals surface area contributed by atoms with E-state index in [2.05, 4.69) is 23.8 Å². The van der Waals surface area contributed by atoms with E-state index in [4.69, 9.17) is 0 Å². The molecule has 5 heteroatoms. The fourth-order valence-electron chi connectivity index (χ4n) is 2.63. The van der Waals surface area contributed by atoms with E-state index in [1.54, 1.807) is 12.1 Å². The summed E-state index contributed by atoms with van der Waals surface area (Å²) in [4.78, 5) is 2.67. The van der Waals surface area contributed by atoms with Crippen molar-refractivity contribution in [1.82, 2.24) is 4.83 Å². The summed E-state index contributed by atoms with van der Waals surface area (Å²) in [6, 6.07) is 7.02. The zero-order valence-electron chi connectivity index (χ0n) is 13.5. The van der Waals surface area contributed by atoms with Crippen LogP contribution in [0.4, 0.5) is 0 Å². The van der Waals surface area contributed by atoms with E-state index in [9.17, 15) is 8.42 Å². The lowest BCUT2D eigenvalue weighted by Gasteiger charge is -2.12. The van der Waals surface area contributed by atoms with E-state index < -0.39 is 10.0 Å². The largest absolute Gasteiger partial charge is 0.276 e. The summed E-state index contributed by atoms with van der Waals surface area (Å²) >= 11 is 0. The second-order valence-electron chi connectivity index (χ2n) is 6.26. The molecule has 4 nitrogen and oxygen atoms in total. The van der Waals surface area contributed by atoms with Crippen LogP contribution in [0, 0.1) is 0 Å². The number of hydrazone groups is 1. The van der Waals surface area contributed by atoms with Gasteiger partial charge in [0.05, 0.1) is 4.90 Å². The van der Waals surface area contributed by atoms with Crippen LogP contribution in [-0.4, -0.2) is 14.1 Å². The Hall–Kier alpha value is -1.36. The van der Waals surface area contributed by atoms with Crippen LogP contribution in [0.1, 0.15) is 70.3 Å². The van der Waals surface area contributed by atoms with Gasteiger partial charge in [-0.05, 0) is 49.3 Å². The highest BCUT2D eigenvalue weighted by atomic mass is 32.2. The van der Waals surface area contributed by atoms with Crippen LogP contribution >= 0.6 is 0 Å². The van der Waals surface area contributed by atoms with Crippen molar-refractivity contribution in [3.63, 3.8) is 0 Å². The Morgan fingerprint density at radius 1 is 0.955 bits per heavy atom. The van der Waals surface area contributed by atoms with E-state index in [0.717, 1.165) is 37.0 Å². The van der Waals surface area contributed by atoms with Gasteiger partial charge in [-0.3, -0.25) is 0 Å². The van der Waals surface area contributed by atoms with E-state index in [0.29, 0.717) is 5.92 Å². The van der Waals surface area contributed by atoms with Crippen molar-refractivity contribution in [3.8, 4) is 0 Å². The summed E-state index contributed by atoms with van der Waals surface area (Å²) in [5.74, 6) is 0.389. The van der Waals surface area contributed by atoms with Crippen molar-refractivity contribution in [2.45, 2.75) is 69.6 Å². The monoisotopic (exact) mass is 322 g/mol. The van der Waals surface area contributed by atoms with Crippen LogP contribution in [0.3, 0.4) is 0 Å². The first-order valence-electron chi connectivity index (χ1n) is 8.16. The summed E-state index contributed by atoms with van der Waals surface area (Å²) in [5, 5.41) is 4.17. The van der Waals surface area contributed by atoms with Crippen LogP contribution in [0.15, 0.2) is 34.3 Å². The minimum absolute atomic E-state index is 0.270. The van der Waals surface area contributed by atoms with Gasteiger partial charge in [-0.15, -0.1) is 0 Å². The minimum atomic E-state index is -3.56. The minimum Gasteiger partial charge on any atom is -0.200 e. The van der Waals surface area contributed by atoms with Gasteiger partial charge in [-0.25, -0.2) is 4.83 Å². The van der Waals surface area contributed by atoms with Crippen molar-refractivity contribution in [2.75, 3.05) is 0 Å². The lowest BCUT2D eigenvalue weighted by Crippen LogP contribution is -2.20. The summed E-state index contributed by atoms with van der Waals surface area (Å²) in [6.07, 6.45) is 7.70. The van der Waals surface area contributed by atoms with E-state index in [-0.39, 0.29) is 4.90 Å². The Morgan fingerprint density at radius 3 is 2.05 bits per heavy atom. The molecule has 1 fully saturated rings. The molecule has 0 aliphatic heterocycles. The van der Waals surface area contributed by atoms with E-state index >= 15 is 0 Å². The zero-order valence-corrected chi connectivity index (χ0v) is 14.3. The molecule has 0 atom stereocenters. The Kier molecular flexibility index (Phi) is 6.00. The first-order chi connectivity index (χ1) is 10.5. The number of hydrogen-bond donors (Lipinski definition) is 1. The maximum atomic E-state index is 12.3. The highest BCUT2D eigenvalue weighted by Gasteiger charge is 2.14. The number of hydrogen-bond acceptors (Lipinski definition) is 3. The fourth-order valence-corrected chi connectivity index (χ4v) is 3.48. The average Bonchev–Trinajstić information content (AvgIpc) is 2.46. The molecule has 1 aromatic carbocycles. The zero-order chi connectivity index (χ0) is 16.0. The quantitative estimate of drug-likeness (QED) is 0.845. The number of rotatable bonds is 4. The molecule has 0 saturated heterocycles. The molecule has 1 N–H and O–H groups in total. The third-order valence-corrected chi connectivity index (χ3v) is 5.34. The third kappa shape index (κ3) is 4.83. The Bertz CT molecular complexity index is 594. The van der Waals surface area contributed by atoms with Crippen LogP contribution in [-0.2, 0) is 10.0 Å². The standard InChI is InChI=1S/C17H26N2O2S/c1-14(2)15-10-12-17(13-11-15)22(20,21)19-18-16-8-6-4-3-5-7-9-16/h10-14,19H,3-9H2,1-2H3. The van der Waals surface area contributed by atoms with Gasteiger partial charge in [0.15, 0.2) is 0 Å². The lowest BCUT2D eigenvalue weighted by atomic mass is 9.99. The highest BCUT2D eigenvalue weighted by molar-refractivity contribution is 7.89. The summed E-state index contributed by atoms with van der Waals surface area (Å²) in [7, 11) is -3.56. The number of nitrogens with one attached hydrogen (secondary N) is 1. The molecule has 2 rings (SSSR count). The molecule has 1 aromatic rings. The molecule has 0 radical (unpaired) electrons. The first-order valence-corrected chi connectivity index (χ1v) is 9.64.